The summed E-state index contributed by atoms with van der Waals surface area (Å²) in [5, 5.41) is 24.0. The van der Waals surface area contributed by atoms with Gasteiger partial charge in [-0.1, -0.05) is 0 Å². The van der Waals surface area contributed by atoms with Crippen molar-refractivity contribution in [1.82, 2.24) is 5.32 Å². The molecule has 1 aliphatic carbocycles. The van der Waals surface area contributed by atoms with Crippen LogP contribution in [0.1, 0.15) is 19.8 Å². The number of likely N-dealkylation sites (N-methyl/N-ethyl adjacent to an activating group) is 1. The molecule has 0 radical (unpaired) electrons. The van der Waals surface area contributed by atoms with Crippen molar-refractivity contribution in [3.8, 4) is 0 Å². The first kappa shape index (κ1) is 20.0. The minimum atomic E-state index is -0.995. The lowest BCUT2D eigenvalue weighted by atomic mass is 9.81. The van der Waals surface area contributed by atoms with E-state index in [0.717, 1.165) is 6.42 Å². The first-order chi connectivity index (χ1) is 11.3. The van der Waals surface area contributed by atoms with E-state index in [-0.39, 0.29) is 18.2 Å². The number of nitrogens with one attached hydrogen (secondary N) is 1. The van der Waals surface area contributed by atoms with Crippen LogP contribution in [-0.4, -0.2) is 85.3 Å². The Morgan fingerprint density at radius 3 is 2.38 bits per heavy atom. The Kier molecular flexibility index (Phi) is 6.94. The Labute approximate surface area is 142 Å². The maximum atomic E-state index is 10.6. The molecule has 142 valence electrons. The monoisotopic (exact) mass is 348 g/mol. The van der Waals surface area contributed by atoms with E-state index in [0.29, 0.717) is 6.42 Å². The SMILES string of the molecule is CN[C@@H]1[C@@H](O)[C@H](O[C@H]2O[C@H]([C@H](C)N)CC[C@H]2N)[C@@H](N)[C@H](O)[C@@H]1OC. The highest BCUT2D eigenvalue weighted by Gasteiger charge is 2.50. The summed E-state index contributed by atoms with van der Waals surface area (Å²) in [5.41, 5.74) is 18.1. The largest absolute Gasteiger partial charge is 0.389 e. The van der Waals surface area contributed by atoms with Crippen LogP contribution in [0.5, 0.6) is 0 Å². The summed E-state index contributed by atoms with van der Waals surface area (Å²) in [4.78, 5) is 0. The molecule has 0 amide bonds. The molecule has 9 heteroatoms. The molecule has 1 saturated carbocycles. The molecule has 24 heavy (non-hydrogen) atoms. The maximum Gasteiger partial charge on any atom is 0.173 e. The van der Waals surface area contributed by atoms with Crippen LogP contribution < -0.4 is 22.5 Å². The molecule has 0 spiro atoms. The second-order valence-corrected chi connectivity index (χ2v) is 6.82. The highest BCUT2D eigenvalue weighted by Crippen LogP contribution is 2.28. The van der Waals surface area contributed by atoms with E-state index in [2.05, 4.69) is 5.32 Å². The topological polar surface area (TPSA) is 158 Å². The molecule has 0 bridgehead atoms. The van der Waals surface area contributed by atoms with Gasteiger partial charge in [-0.05, 0) is 26.8 Å². The van der Waals surface area contributed by atoms with Gasteiger partial charge in [0.15, 0.2) is 6.29 Å². The molecule has 0 unspecified atom stereocenters. The van der Waals surface area contributed by atoms with Crippen LogP contribution in [0.4, 0.5) is 0 Å². The van der Waals surface area contributed by atoms with Gasteiger partial charge in [-0.3, -0.25) is 0 Å². The predicted octanol–water partition coefficient (Wildman–Crippen LogP) is -2.78. The van der Waals surface area contributed by atoms with E-state index < -0.39 is 42.8 Å². The van der Waals surface area contributed by atoms with Crippen molar-refractivity contribution in [1.29, 1.82) is 0 Å². The minimum Gasteiger partial charge on any atom is -0.389 e. The second-order valence-electron chi connectivity index (χ2n) is 6.82. The molecule has 1 saturated heterocycles. The van der Waals surface area contributed by atoms with Gasteiger partial charge in [0.05, 0.1) is 36.4 Å². The van der Waals surface area contributed by atoms with Gasteiger partial charge in [0.25, 0.3) is 0 Å². The molecule has 1 heterocycles. The van der Waals surface area contributed by atoms with Gasteiger partial charge >= 0.3 is 0 Å². The summed E-state index contributed by atoms with van der Waals surface area (Å²) < 4.78 is 17.0. The third-order valence-electron chi connectivity index (χ3n) is 5.10. The molecule has 2 fully saturated rings. The quantitative estimate of drug-likeness (QED) is 0.309. The smallest absolute Gasteiger partial charge is 0.173 e. The molecule has 9 nitrogen and oxygen atoms in total. The van der Waals surface area contributed by atoms with E-state index in [1.165, 1.54) is 7.11 Å². The van der Waals surface area contributed by atoms with Gasteiger partial charge in [-0.25, -0.2) is 0 Å². The van der Waals surface area contributed by atoms with Crippen molar-refractivity contribution in [3.05, 3.63) is 0 Å². The highest BCUT2D eigenvalue weighted by atomic mass is 16.7. The van der Waals surface area contributed by atoms with E-state index in [1.807, 2.05) is 6.92 Å². The average Bonchev–Trinajstić information content (AvgIpc) is 2.55. The zero-order valence-corrected chi connectivity index (χ0v) is 14.5. The van der Waals surface area contributed by atoms with Gasteiger partial charge in [0, 0.05) is 13.2 Å². The maximum absolute atomic E-state index is 10.6. The summed E-state index contributed by atoms with van der Waals surface area (Å²) in [5.74, 6) is 0. The van der Waals surface area contributed by atoms with Crippen LogP contribution in [-0.2, 0) is 14.2 Å². The first-order valence-electron chi connectivity index (χ1n) is 8.45. The van der Waals surface area contributed by atoms with Crippen LogP contribution in [0.3, 0.4) is 0 Å². The van der Waals surface area contributed by atoms with E-state index in [4.69, 9.17) is 31.4 Å². The predicted molar refractivity (Wildman–Crippen MR) is 88.0 cm³/mol. The lowest BCUT2D eigenvalue weighted by molar-refractivity contribution is -0.262. The number of aliphatic hydroxyl groups is 2. The Hall–Kier alpha value is -0.360. The zero-order chi connectivity index (χ0) is 18.0. The number of hydrogen-bond donors (Lipinski definition) is 6. The standard InChI is InChI=1S/C15H32N4O5/c1-6(16)8-5-4-7(17)15(23-8)24-13-9(18)11(20)14(22-3)10(19-2)12(13)21/h6-15,19-21H,4-5,16-18H2,1-3H3/t6-,7+,8-,9-,10+,11-,12+,13+,14+,15+/m0/s1. The van der Waals surface area contributed by atoms with Gasteiger partial charge < -0.3 is 46.9 Å². The average molecular weight is 348 g/mol. The normalized spacial score (nSPS) is 48.2. The molecule has 9 N–H and O–H groups in total. The van der Waals surface area contributed by atoms with Crippen LogP contribution in [0.25, 0.3) is 0 Å². The van der Waals surface area contributed by atoms with Crippen molar-refractivity contribution in [3.63, 3.8) is 0 Å². The number of ether oxygens (including phenoxy) is 3. The molecule has 1 aliphatic heterocycles. The van der Waals surface area contributed by atoms with Gasteiger partial charge in [-0.15, -0.1) is 0 Å². The Bertz CT molecular complexity index is 402. The number of aliphatic hydroxyl groups excluding tert-OH is 2. The molecule has 10 atom stereocenters. The molecule has 2 aliphatic rings. The van der Waals surface area contributed by atoms with Crippen molar-refractivity contribution in [2.45, 2.75) is 80.7 Å². The molecule has 2 rings (SSSR count). The van der Waals surface area contributed by atoms with Crippen molar-refractivity contribution in [2.24, 2.45) is 17.2 Å². The molecular weight excluding hydrogens is 316 g/mol. The van der Waals surface area contributed by atoms with Crippen LogP contribution in [0.15, 0.2) is 0 Å². The van der Waals surface area contributed by atoms with E-state index in [1.54, 1.807) is 7.05 Å². The number of methoxy groups -OCH3 is 1. The Morgan fingerprint density at radius 2 is 1.83 bits per heavy atom. The first-order valence-corrected chi connectivity index (χ1v) is 8.45. The van der Waals surface area contributed by atoms with Crippen LogP contribution in [0.2, 0.25) is 0 Å². The summed E-state index contributed by atoms with van der Waals surface area (Å²) in [6.07, 6.45) is -2.90. The third kappa shape index (κ3) is 3.90. The molecule has 0 aromatic heterocycles. The summed E-state index contributed by atoms with van der Waals surface area (Å²) >= 11 is 0. The molecule has 0 aromatic carbocycles. The fourth-order valence-corrected chi connectivity index (χ4v) is 3.55. The zero-order valence-electron chi connectivity index (χ0n) is 14.5. The fourth-order valence-electron chi connectivity index (χ4n) is 3.55. The number of nitrogens with two attached hydrogens (primary N) is 3. The van der Waals surface area contributed by atoms with E-state index in [9.17, 15) is 10.2 Å². The molecular formula is C15H32N4O5. The van der Waals surface area contributed by atoms with Gasteiger partial charge in [0.1, 0.15) is 12.2 Å². The van der Waals surface area contributed by atoms with Crippen molar-refractivity contribution < 1.29 is 24.4 Å². The van der Waals surface area contributed by atoms with E-state index >= 15 is 0 Å². The van der Waals surface area contributed by atoms with Crippen LogP contribution >= 0.6 is 0 Å². The van der Waals surface area contributed by atoms with Gasteiger partial charge in [-0.2, -0.15) is 0 Å². The van der Waals surface area contributed by atoms with Crippen molar-refractivity contribution in [2.75, 3.05) is 14.2 Å². The Balaban J connectivity index is 2.11. The lowest BCUT2D eigenvalue weighted by Crippen LogP contribution is -2.71. The number of hydrogen-bond acceptors (Lipinski definition) is 9. The summed E-state index contributed by atoms with van der Waals surface area (Å²) in [6.45, 7) is 1.86. The number of rotatable bonds is 5. The second kappa shape index (κ2) is 8.35. The fraction of sp³-hybridized carbons (Fsp3) is 1.00. The highest BCUT2D eigenvalue weighted by molar-refractivity contribution is 5.05. The minimum absolute atomic E-state index is 0.151. The van der Waals surface area contributed by atoms with Crippen molar-refractivity contribution >= 4 is 0 Å². The molecule has 0 aromatic rings. The Morgan fingerprint density at radius 1 is 1.17 bits per heavy atom. The summed E-state index contributed by atoms with van der Waals surface area (Å²) in [7, 11) is 3.14. The summed E-state index contributed by atoms with van der Waals surface area (Å²) in [6, 6.07) is -1.85. The van der Waals surface area contributed by atoms with Crippen LogP contribution in [0, 0.1) is 0 Å². The lowest BCUT2D eigenvalue weighted by Gasteiger charge is -2.47. The van der Waals surface area contributed by atoms with Gasteiger partial charge in [0.2, 0.25) is 0 Å². The third-order valence-corrected chi connectivity index (χ3v) is 5.10.